The Morgan fingerprint density at radius 3 is 2.48 bits per heavy atom. The highest BCUT2D eigenvalue weighted by Crippen LogP contribution is 2.13. The zero-order valence-corrected chi connectivity index (χ0v) is 18.0. The van der Waals surface area contributed by atoms with Crippen LogP contribution in [0.1, 0.15) is 31.9 Å². The van der Waals surface area contributed by atoms with Crippen molar-refractivity contribution in [1.29, 1.82) is 0 Å². The molecule has 0 saturated heterocycles. The first-order valence-electron chi connectivity index (χ1n) is 10.1. The Hall–Kier alpha value is -3.68. The molecule has 0 fully saturated rings. The minimum atomic E-state index is -0.840. The van der Waals surface area contributed by atoms with Crippen molar-refractivity contribution in [1.82, 2.24) is 10.7 Å². The second kappa shape index (κ2) is 12.1. The molecule has 0 atom stereocenters. The van der Waals surface area contributed by atoms with Crippen LogP contribution in [0.4, 0.5) is 5.69 Å². The molecule has 2 rings (SSSR count). The summed E-state index contributed by atoms with van der Waals surface area (Å²) in [6, 6.07) is 14.5. The molecule has 2 aromatic rings. The lowest BCUT2D eigenvalue weighted by atomic mass is 10.1. The van der Waals surface area contributed by atoms with E-state index in [2.05, 4.69) is 28.1 Å². The maximum atomic E-state index is 12.1. The molecule has 31 heavy (non-hydrogen) atoms. The number of benzene rings is 2. The molecule has 0 aromatic heterocycles. The van der Waals surface area contributed by atoms with E-state index < -0.39 is 11.8 Å². The predicted molar refractivity (Wildman–Crippen MR) is 120 cm³/mol. The summed E-state index contributed by atoms with van der Waals surface area (Å²) in [4.78, 5) is 35.4. The number of ether oxygens (including phenoxy) is 1. The van der Waals surface area contributed by atoms with E-state index in [1.165, 1.54) is 11.8 Å². The first-order valence-corrected chi connectivity index (χ1v) is 10.1. The van der Waals surface area contributed by atoms with E-state index in [1.54, 1.807) is 24.3 Å². The van der Waals surface area contributed by atoms with Crippen LogP contribution in [0, 0.1) is 5.92 Å². The second-order valence-corrected chi connectivity index (χ2v) is 7.26. The molecular weight excluding hydrogens is 396 g/mol. The molecule has 0 unspecified atom stereocenters. The molecule has 0 radical (unpaired) electrons. The van der Waals surface area contributed by atoms with Gasteiger partial charge in [0.25, 0.3) is 5.91 Å². The van der Waals surface area contributed by atoms with E-state index in [1.807, 2.05) is 38.1 Å². The van der Waals surface area contributed by atoms with E-state index in [0.717, 1.165) is 6.42 Å². The van der Waals surface area contributed by atoms with Gasteiger partial charge < -0.3 is 15.4 Å². The van der Waals surface area contributed by atoms with Gasteiger partial charge in [-0.3, -0.25) is 14.4 Å². The SMILES string of the molecule is CCc1ccc(NC(=O)COc2cccc(/C=N\NC(=O)C(=O)NCC(C)C)c2)cc1. The molecule has 8 heteroatoms. The number of carbonyl (C=O) groups excluding carboxylic acids is 3. The van der Waals surface area contributed by atoms with Gasteiger partial charge in [-0.1, -0.05) is 45.0 Å². The molecule has 0 aliphatic heterocycles. The summed E-state index contributed by atoms with van der Waals surface area (Å²) in [7, 11) is 0. The first kappa shape index (κ1) is 23.6. The Labute approximate surface area is 182 Å². The van der Waals surface area contributed by atoms with Gasteiger partial charge in [-0.2, -0.15) is 5.10 Å². The van der Waals surface area contributed by atoms with E-state index >= 15 is 0 Å². The highest BCUT2D eigenvalue weighted by Gasteiger charge is 2.12. The zero-order chi connectivity index (χ0) is 22.6. The number of nitrogens with zero attached hydrogens (tertiary/aromatic N) is 1. The number of rotatable bonds is 9. The largest absolute Gasteiger partial charge is 0.484 e. The highest BCUT2D eigenvalue weighted by molar-refractivity contribution is 6.35. The minimum Gasteiger partial charge on any atom is -0.484 e. The Kier molecular flexibility index (Phi) is 9.22. The minimum absolute atomic E-state index is 0.150. The van der Waals surface area contributed by atoms with Crippen molar-refractivity contribution in [2.45, 2.75) is 27.2 Å². The maximum Gasteiger partial charge on any atom is 0.329 e. The monoisotopic (exact) mass is 424 g/mol. The number of hydrogen-bond donors (Lipinski definition) is 3. The van der Waals surface area contributed by atoms with E-state index in [-0.39, 0.29) is 18.4 Å². The van der Waals surface area contributed by atoms with Gasteiger partial charge in [0.1, 0.15) is 5.75 Å². The third-order valence-corrected chi connectivity index (χ3v) is 4.13. The van der Waals surface area contributed by atoms with Crippen molar-refractivity contribution in [3.05, 3.63) is 59.7 Å². The lowest BCUT2D eigenvalue weighted by Gasteiger charge is -2.08. The summed E-state index contributed by atoms with van der Waals surface area (Å²) in [6.45, 7) is 6.19. The lowest BCUT2D eigenvalue weighted by molar-refractivity contribution is -0.139. The van der Waals surface area contributed by atoms with Crippen molar-refractivity contribution in [2.75, 3.05) is 18.5 Å². The van der Waals surface area contributed by atoms with Gasteiger partial charge in [-0.05, 0) is 47.7 Å². The fourth-order valence-corrected chi connectivity index (χ4v) is 2.45. The fraction of sp³-hybridized carbons (Fsp3) is 0.304. The van der Waals surface area contributed by atoms with Crippen LogP contribution >= 0.6 is 0 Å². The average Bonchev–Trinajstić information content (AvgIpc) is 2.76. The van der Waals surface area contributed by atoms with Crippen LogP contribution in [-0.4, -0.2) is 37.1 Å². The van der Waals surface area contributed by atoms with Gasteiger partial charge in [0.15, 0.2) is 6.61 Å². The van der Waals surface area contributed by atoms with Gasteiger partial charge in [0.2, 0.25) is 0 Å². The Morgan fingerprint density at radius 2 is 1.81 bits per heavy atom. The van der Waals surface area contributed by atoms with Crippen LogP contribution < -0.4 is 20.8 Å². The molecular formula is C23H28N4O4. The zero-order valence-electron chi connectivity index (χ0n) is 18.0. The van der Waals surface area contributed by atoms with Gasteiger partial charge in [0.05, 0.1) is 6.21 Å². The molecule has 164 valence electrons. The Bertz CT molecular complexity index is 923. The summed E-state index contributed by atoms with van der Waals surface area (Å²) >= 11 is 0. The van der Waals surface area contributed by atoms with Gasteiger partial charge >= 0.3 is 11.8 Å². The fourth-order valence-electron chi connectivity index (χ4n) is 2.45. The number of amides is 3. The second-order valence-electron chi connectivity index (χ2n) is 7.26. The Morgan fingerprint density at radius 1 is 1.06 bits per heavy atom. The van der Waals surface area contributed by atoms with Crippen molar-refractivity contribution in [3.8, 4) is 5.75 Å². The van der Waals surface area contributed by atoms with Crippen LogP contribution in [0.5, 0.6) is 5.75 Å². The smallest absolute Gasteiger partial charge is 0.329 e. The topological polar surface area (TPSA) is 109 Å². The van der Waals surface area contributed by atoms with Crippen LogP contribution in [0.3, 0.4) is 0 Å². The van der Waals surface area contributed by atoms with Crippen molar-refractivity contribution in [3.63, 3.8) is 0 Å². The molecule has 8 nitrogen and oxygen atoms in total. The summed E-state index contributed by atoms with van der Waals surface area (Å²) in [5, 5.41) is 9.06. The van der Waals surface area contributed by atoms with Crippen LogP contribution in [0.2, 0.25) is 0 Å². The van der Waals surface area contributed by atoms with Crippen LogP contribution in [-0.2, 0) is 20.8 Å². The van der Waals surface area contributed by atoms with Gasteiger partial charge in [0, 0.05) is 12.2 Å². The average molecular weight is 425 g/mol. The van der Waals surface area contributed by atoms with Gasteiger partial charge in [-0.15, -0.1) is 0 Å². The number of nitrogens with one attached hydrogen (secondary N) is 3. The highest BCUT2D eigenvalue weighted by atomic mass is 16.5. The summed E-state index contributed by atoms with van der Waals surface area (Å²) in [6.07, 6.45) is 2.32. The van der Waals surface area contributed by atoms with E-state index in [4.69, 9.17) is 4.74 Å². The molecule has 0 saturated carbocycles. The van der Waals surface area contributed by atoms with E-state index in [9.17, 15) is 14.4 Å². The third kappa shape index (κ3) is 8.69. The maximum absolute atomic E-state index is 12.1. The molecule has 3 N–H and O–H groups in total. The summed E-state index contributed by atoms with van der Waals surface area (Å²) in [5.41, 5.74) is 4.71. The summed E-state index contributed by atoms with van der Waals surface area (Å²) < 4.78 is 5.52. The van der Waals surface area contributed by atoms with Crippen molar-refractivity contribution >= 4 is 29.6 Å². The molecule has 3 amide bonds. The number of hydrazone groups is 1. The van der Waals surface area contributed by atoms with Crippen molar-refractivity contribution in [2.24, 2.45) is 11.0 Å². The number of aryl methyl sites for hydroxylation is 1. The third-order valence-electron chi connectivity index (χ3n) is 4.13. The van der Waals surface area contributed by atoms with Crippen LogP contribution in [0.15, 0.2) is 53.6 Å². The Balaban J connectivity index is 1.81. The number of anilines is 1. The molecule has 0 aliphatic rings. The predicted octanol–water partition coefficient (Wildman–Crippen LogP) is 2.49. The van der Waals surface area contributed by atoms with Gasteiger partial charge in [-0.25, -0.2) is 5.43 Å². The molecule has 0 heterocycles. The van der Waals surface area contributed by atoms with Crippen LogP contribution in [0.25, 0.3) is 0 Å². The normalized spacial score (nSPS) is 10.7. The molecule has 0 bridgehead atoms. The molecule has 0 spiro atoms. The first-order chi connectivity index (χ1) is 14.9. The number of carbonyl (C=O) groups is 3. The number of hydrogen-bond acceptors (Lipinski definition) is 5. The van der Waals surface area contributed by atoms with Crippen molar-refractivity contribution < 1.29 is 19.1 Å². The molecule has 0 aliphatic carbocycles. The summed E-state index contributed by atoms with van der Waals surface area (Å²) in [5.74, 6) is -1.14. The quantitative estimate of drug-likeness (QED) is 0.326. The lowest BCUT2D eigenvalue weighted by Crippen LogP contribution is -2.39. The standard InChI is InChI=1S/C23H28N4O4/c1-4-17-8-10-19(11-9-17)26-21(28)15-31-20-7-5-6-18(12-20)14-25-27-23(30)22(29)24-13-16(2)3/h5-12,14,16H,4,13,15H2,1-3H3,(H,24,29)(H,26,28)(H,27,30)/b25-14-. The van der Waals surface area contributed by atoms with E-state index in [0.29, 0.717) is 23.5 Å². The molecule has 2 aromatic carbocycles.